The maximum atomic E-state index is 13.0. The highest BCUT2D eigenvalue weighted by atomic mass is 32.2. The largest absolute Gasteiger partial charge is 0.508 e. The molecule has 1 amide bonds. The second kappa shape index (κ2) is 6.65. The summed E-state index contributed by atoms with van der Waals surface area (Å²) >= 11 is 0. The van der Waals surface area contributed by atoms with E-state index in [4.69, 9.17) is 0 Å². The number of nitrogens with one attached hydrogen (secondary N) is 1. The number of phenolic OH excluding ortho intramolecular Hbond substituents is 1. The van der Waals surface area contributed by atoms with Crippen LogP contribution in [0.5, 0.6) is 5.75 Å². The number of hydrogen-bond donors (Lipinski definition) is 2. The predicted molar refractivity (Wildman–Crippen MR) is 99.1 cm³/mol. The molecule has 4 rings (SSSR count). The number of carbonyl (C=O) groups excluding carboxylic acids is 1. The summed E-state index contributed by atoms with van der Waals surface area (Å²) in [6.07, 6.45) is 1.63. The highest BCUT2D eigenvalue weighted by molar-refractivity contribution is 7.91. The number of amides is 1. The van der Waals surface area contributed by atoms with Crippen LogP contribution in [0.2, 0.25) is 0 Å². The van der Waals surface area contributed by atoms with Crippen molar-refractivity contribution >= 4 is 15.7 Å². The second-order valence-electron chi connectivity index (χ2n) is 7.21. The molecule has 9 heteroatoms. The number of aromatic hydroxyl groups is 1. The molecular formula is C18H22N4O4S. The molecule has 1 aromatic heterocycles. The third-order valence-corrected chi connectivity index (χ3v) is 7.13. The summed E-state index contributed by atoms with van der Waals surface area (Å²) in [6, 6.07) is 5.53. The first-order valence-electron chi connectivity index (χ1n) is 8.87. The van der Waals surface area contributed by atoms with Gasteiger partial charge < -0.3 is 15.0 Å². The van der Waals surface area contributed by atoms with Gasteiger partial charge in [-0.25, -0.2) is 13.4 Å². The summed E-state index contributed by atoms with van der Waals surface area (Å²) in [4.78, 5) is 24.1. The van der Waals surface area contributed by atoms with Crippen molar-refractivity contribution in [3.63, 3.8) is 0 Å². The molecule has 2 N–H and O–H groups in total. The summed E-state index contributed by atoms with van der Waals surface area (Å²) < 4.78 is 24.7. The highest BCUT2D eigenvalue weighted by Crippen LogP contribution is 2.29. The minimum atomic E-state index is -3.22. The molecule has 0 bridgehead atoms. The average molecular weight is 390 g/mol. The van der Waals surface area contributed by atoms with Crippen LogP contribution in [-0.2, 0) is 16.4 Å². The van der Waals surface area contributed by atoms with E-state index in [1.807, 2.05) is 6.92 Å². The van der Waals surface area contributed by atoms with E-state index < -0.39 is 15.9 Å². The molecule has 2 atom stereocenters. The van der Waals surface area contributed by atoms with E-state index in [1.54, 1.807) is 23.4 Å². The number of benzene rings is 1. The number of hydrogen-bond acceptors (Lipinski definition) is 6. The van der Waals surface area contributed by atoms with Crippen molar-refractivity contribution in [2.45, 2.75) is 25.6 Å². The minimum Gasteiger partial charge on any atom is -0.508 e. The number of fused-ring (bicyclic) bond motifs is 1. The fourth-order valence-electron chi connectivity index (χ4n) is 4.02. The van der Waals surface area contributed by atoms with Gasteiger partial charge in [0.15, 0.2) is 9.84 Å². The lowest BCUT2D eigenvalue weighted by atomic mass is 10.0. The molecule has 3 heterocycles. The summed E-state index contributed by atoms with van der Waals surface area (Å²) in [7, 11) is -3.22. The molecule has 27 heavy (non-hydrogen) atoms. The van der Waals surface area contributed by atoms with Gasteiger partial charge in [-0.3, -0.25) is 9.69 Å². The van der Waals surface area contributed by atoms with Crippen LogP contribution in [0.15, 0.2) is 30.6 Å². The fraction of sp³-hybridized carbons (Fsp3) is 0.444. The lowest BCUT2D eigenvalue weighted by Crippen LogP contribution is -2.60. The van der Waals surface area contributed by atoms with Crippen LogP contribution in [0.4, 0.5) is 0 Å². The Hall–Kier alpha value is -2.39. The molecule has 2 aromatic rings. The van der Waals surface area contributed by atoms with E-state index in [9.17, 15) is 18.3 Å². The Balaban J connectivity index is 1.60. The number of aromatic nitrogens is 2. The first-order chi connectivity index (χ1) is 12.8. The Morgan fingerprint density at radius 2 is 2.07 bits per heavy atom. The highest BCUT2D eigenvalue weighted by Gasteiger charge is 2.48. The first-order valence-corrected chi connectivity index (χ1v) is 10.7. The summed E-state index contributed by atoms with van der Waals surface area (Å²) in [5.74, 6) is -0.207. The number of aromatic amines is 1. The maximum absolute atomic E-state index is 13.0. The van der Waals surface area contributed by atoms with E-state index >= 15 is 0 Å². The monoisotopic (exact) mass is 390 g/mol. The topological polar surface area (TPSA) is 107 Å². The molecule has 0 radical (unpaired) electrons. The van der Waals surface area contributed by atoms with Crippen molar-refractivity contribution in [3.05, 3.63) is 47.5 Å². The molecule has 0 unspecified atom stereocenters. The summed E-state index contributed by atoms with van der Waals surface area (Å²) in [6.45, 7) is 3.51. The Morgan fingerprint density at radius 1 is 1.30 bits per heavy atom. The summed E-state index contributed by atoms with van der Waals surface area (Å²) in [5.41, 5.74) is 2.23. The van der Waals surface area contributed by atoms with Gasteiger partial charge in [0.2, 0.25) is 0 Å². The zero-order valence-corrected chi connectivity index (χ0v) is 15.8. The average Bonchev–Trinajstić information content (AvgIpc) is 3.16. The van der Waals surface area contributed by atoms with Crippen molar-refractivity contribution in [2.75, 3.05) is 24.6 Å². The predicted octanol–water partition coefficient (Wildman–Crippen LogP) is 0.547. The number of phenols is 1. The Morgan fingerprint density at radius 3 is 2.78 bits per heavy atom. The molecule has 1 aromatic carbocycles. The molecule has 0 aliphatic carbocycles. The minimum absolute atomic E-state index is 0.0177. The fourth-order valence-corrected chi connectivity index (χ4v) is 6.03. The van der Waals surface area contributed by atoms with Crippen molar-refractivity contribution in [1.29, 1.82) is 0 Å². The van der Waals surface area contributed by atoms with Crippen LogP contribution >= 0.6 is 0 Å². The third kappa shape index (κ3) is 3.44. The lowest BCUT2D eigenvalue weighted by molar-refractivity contribution is 0.0302. The number of nitrogens with zero attached hydrogens (tertiary/aromatic N) is 3. The smallest absolute Gasteiger partial charge is 0.254 e. The van der Waals surface area contributed by atoms with Crippen molar-refractivity contribution in [1.82, 2.24) is 19.8 Å². The molecular weight excluding hydrogens is 368 g/mol. The molecule has 0 spiro atoms. The van der Waals surface area contributed by atoms with Gasteiger partial charge in [0.05, 0.1) is 29.6 Å². The number of rotatable bonds is 3. The molecule has 2 aliphatic heterocycles. The lowest BCUT2D eigenvalue weighted by Gasteiger charge is -2.43. The van der Waals surface area contributed by atoms with Gasteiger partial charge in [-0.05, 0) is 25.1 Å². The van der Waals surface area contributed by atoms with E-state index in [2.05, 4.69) is 14.9 Å². The molecule has 144 valence electrons. The molecule has 2 fully saturated rings. The number of imidazole rings is 1. The van der Waals surface area contributed by atoms with Crippen molar-refractivity contribution in [2.24, 2.45) is 0 Å². The van der Waals surface area contributed by atoms with E-state index in [1.165, 1.54) is 12.1 Å². The quantitative estimate of drug-likeness (QED) is 0.793. The van der Waals surface area contributed by atoms with Gasteiger partial charge in [0.25, 0.3) is 5.91 Å². The van der Waals surface area contributed by atoms with Crippen LogP contribution in [0, 0.1) is 6.92 Å². The summed E-state index contributed by atoms with van der Waals surface area (Å²) in [5, 5.41) is 9.66. The maximum Gasteiger partial charge on any atom is 0.254 e. The molecule has 8 nitrogen and oxygen atoms in total. The number of sulfone groups is 1. The third-order valence-electron chi connectivity index (χ3n) is 5.43. The van der Waals surface area contributed by atoms with Crippen molar-refractivity contribution < 1.29 is 18.3 Å². The van der Waals surface area contributed by atoms with E-state index in [0.29, 0.717) is 25.2 Å². The standard InChI is InChI=1S/C18H22N4O4S/c1-12-15(20-11-19-12)8-21-5-6-22(17-10-27(25,26)9-16(17)21)18(24)13-3-2-4-14(23)7-13/h2-4,7,11,16-17,23H,5-6,8-10H2,1H3,(H,19,20)/t16-,17+/m0/s1. The van der Waals surface area contributed by atoms with Crippen molar-refractivity contribution in [3.8, 4) is 5.75 Å². The number of H-pyrrole nitrogens is 1. The molecule has 2 aliphatic rings. The van der Waals surface area contributed by atoms with E-state index in [0.717, 1.165) is 11.4 Å². The van der Waals surface area contributed by atoms with Gasteiger partial charge >= 0.3 is 0 Å². The Kier molecular flexibility index (Phi) is 4.43. The number of carbonyl (C=O) groups is 1. The zero-order valence-electron chi connectivity index (χ0n) is 15.0. The van der Waals surface area contributed by atoms with Gasteiger partial charge in [-0.15, -0.1) is 0 Å². The normalized spacial score (nSPS) is 24.7. The molecule has 2 saturated heterocycles. The number of aryl methyl sites for hydroxylation is 1. The Labute approximate surface area is 157 Å². The van der Waals surface area contributed by atoms with Gasteiger partial charge in [0, 0.05) is 36.9 Å². The van der Waals surface area contributed by atoms with Crippen LogP contribution in [-0.4, -0.2) is 75.9 Å². The SMILES string of the molecule is Cc1[nH]cnc1CN1CCN(C(=O)c2cccc(O)c2)[C@@H]2CS(=O)(=O)C[C@@H]21. The van der Waals surface area contributed by atoms with Crippen LogP contribution < -0.4 is 0 Å². The van der Waals surface area contributed by atoms with Crippen LogP contribution in [0.1, 0.15) is 21.7 Å². The zero-order chi connectivity index (χ0) is 19.2. The van der Waals surface area contributed by atoms with Gasteiger partial charge in [-0.2, -0.15) is 0 Å². The van der Waals surface area contributed by atoms with Crippen LogP contribution in [0.3, 0.4) is 0 Å². The first kappa shape index (κ1) is 18.0. The van der Waals surface area contributed by atoms with Gasteiger partial charge in [0.1, 0.15) is 5.75 Å². The van der Waals surface area contributed by atoms with Crippen LogP contribution in [0.25, 0.3) is 0 Å². The number of piperazine rings is 1. The second-order valence-corrected chi connectivity index (χ2v) is 9.36. The molecule has 0 saturated carbocycles. The Bertz CT molecular complexity index is 971. The van der Waals surface area contributed by atoms with Gasteiger partial charge in [-0.1, -0.05) is 6.07 Å². The van der Waals surface area contributed by atoms with E-state index in [-0.39, 0.29) is 29.2 Å².